The van der Waals surface area contributed by atoms with Crippen molar-refractivity contribution < 1.29 is 9.84 Å². The number of aliphatic hydroxyl groups is 1. The normalized spacial score (nSPS) is 34.9. The van der Waals surface area contributed by atoms with Crippen molar-refractivity contribution in [2.45, 2.75) is 31.5 Å². The largest absolute Gasteiger partial charge is 0.390 e. The summed E-state index contributed by atoms with van der Waals surface area (Å²) in [6.45, 7) is 4.35. The molecular weight excluding hydrogens is 128 g/mol. The molecule has 1 rings (SSSR count). The third-order valence-corrected chi connectivity index (χ3v) is 1.82. The van der Waals surface area contributed by atoms with E-state index in [4.69, 9.17) is 4.74 Å². The highest BCUT2D eigenvalue weighted by molar-refractivity contribution is 4.87. The smallest absolute Gasteiger partial charge is 0.101 e. The second-order valence-electron chi connectivity index (χ2n) is 2.63. The molecule has 0 unspecified atom stereocenters. The fraction of sp³-hybridized carbons (Fsp3) is 0.750. The maximum atomic E-state index is 9.35. The van der Waals surface area contributed by atoms with E-state index in [1.807, 2.05) is 0 Å². The molecule has 1 N–H and O–H groups in total. The number of rotatable bonds is 1. The van der Waals surface area contributed by atoms with Gasteiger partial charge >= 0.3 is 0 Å². The average molecular weight is 142 g/mol. The van der Waals surface area contributed by atoms with Crippen LogP contribution in [0.4, 0.5) is 0 Å². The molecule has 0 aromatic carbocycles. The third kappa shape index (κ3) is 1.82. The van der Waals surface area contributed by atoms with Gasteiger partial charge in [-0.2, -0.15) is 0 Å². The first kappa shape index (κ1) is 7.76. The highest BCUT2D eigenvalue weighted by Crippen LogP contribution is 2.14. The SMILES string of the molecule is C=C[C@H]1OCCCC[C@H]1O. The van der Waals surface area contributed by atoms with E-state index in [1.165, 1.54) is 0 Å². The highest BCUT2D eigenvalue weighted by atomic mass is 16.5. The van der Waals surface area contributed by atoms with Crippen molar-refractivity contribution in [2.24, 2.45) is 0 Å². The minimum atomic E-state index is -0.333. The molecule has 0 aromatic heterocycles. The molecule has 1 heterocycles. The van der Waals surface area contributed by atoms with Gasteiger partial charge < -0.3 is 9.84 Å². The Bertz CT molecular complexity index is 112. The first-order valence-electron chi connectivity index (χ1n) is 3.77. The molecule has 58 valence electrons. The maximum absolute atomic E-state index is 9.35. The third-order valence-electron chi connectivity index (χ3n) is 1.82. The Hall–Kier alpha value is -0.340. The molecule has 1 aliphatic rings. The van der Waals surface area contributed by atoms with Crippen LogP contribution in [0.5, 0.6) is 0 Å². The lowest BCUT2D eigenvalue weighted by Crippen LogP contribution is -2.24. The molecule has 0 saturated carbocycles. The van der Waals surface area contributed by atoms with Crippen LogP contribution in [0.15, 0.2) is 12.7 Å². The van der Waals surface area contributed by atoms with Gasteiger partial charge in [0.05, 0.1) is 6.10 Å². The quantitative estimate of drug-likeness (QED) is 0.555. The van der Waals surface area contributed by atoms with E-state index in [0.717, 1.165) is 25.9 Å². The van der Waals surface area contributed by atoms with Crippen LogP contribution in [0, 0.1) is 0 Å². The van der Waals surface area contributed by atoms with Gasteiger partial charge in [0, 0.05) is 6.61 Å². The van der Waals surface area contributed by atoms with Crippen molar-refractivity contribution >= 4 is 0 Å². The number of hydrogen-bond donors (Lipinski definition) is 1. The summed E-state index contributed by atoms with van der Waals surface area (Å²) in [6, 6.07) is 0. The van der Waals surface area contributed by atoms with E-state index in [0.29, 0.717) is 0 Å². The van der Waals surface area contributed by atoms with Crippen LogP contribution >= 0.6 is 0 Å². The highest BCUT2D eigenvalue weighted by Gasteiger charge is 2.18. The molecular formula is C8H14O2. The Morgan fingerprint density at radius 2 is 2.30 bits per heavy atom. The van der Waals surface area contributed by atoms with E-state index in [1.54, 1.807) is 6.08 Å². The Balaban J connectivity index is 2.43. The summed E-state index contributed by atoms with van der Waals surface area (Å²) in [5.74, 6) is 0. The lowest BCUT2D eigenvalue weighted by Gasteiger charge is -2.15. The molecule has 2 heteroatoms. The molecule has 0 radical (unpaired) electrons. The summed E-state index contributed by atoms with van der Waals surface area (Å²) in [4.78, 5) is 0. The van der Waals surface area contributed by atoms with Crippen LogP contribution in [0.1, 0.15) is 19.3 Å². The van der Waals surface area contributed by atoms with Crippen LogP contribution in [0.2, 0.25) is 0 Å². The molecule has 1 saturated heterocycles. The van der Waals surface area contributed by atoms with Crippen molar-refractivity contribution in [3.63, 3.8) is 0 Å². The Kier molecular flexibility index (Phi) is 2.90. The lowest BCUT2D eigenvalue weighted by molar-refractivity contribution is 0.00365. The fourth-order valence-corrected chi connectivity index (χ4v) is 1.18. The van der Waals surface area contributed by atoms with Gasteiger partial charge in [-0.25, -0.2) is 0 Å². The van der Waals surface area contributed by atoms with Crippen molar-refractivity contribution in [1.82, 2.24) is 0 Å². The first-order chi connectivity index (χ1) is 4.84. The average Bonchev–Trinajstić information content (AvgIpc) is 2.13. The molecule has 2 atom stereocenters. The zero-order valence-electron chi connectivity index (χ0n) is 6.12. The molecule has 0 spiro atoms. The summed E-state index contributed by atoms with van der Waals surface area (Å²) in [5, 5.41) is 9.35. The Labute approximate surface area is 61.5 Å². The second-order valence-corrected chi connectivity index (χ2v) is 2.63. The molecule has 1 aliphatic heterocycles. The van der Waals surface area contributed by atoms with Gasteiger partial charge in [0.15, 0.2) is 0 Å². The number of hydrogen-bond acceptors (Lipinski definition) is 2. The van der Waals surface area contributed by atoms with Crippen molar-refractivity contribution in [2.75, 3.05) is 6.61 Å². The summed E-state index contributed by atoms with van der Waals surface area (Å²) < 4.78 is 5.30. The first-order valence-corrected chi connectivity index (χ1v) is 3.77. The standard InChI is InChI=1S/C8H14O2/c1-2-8-7(9)5-3-4-6-10-8/h2,7-9H,1,3-6H2/t7-,8-/m1/s1. The van der Waals surface area contributed by atoms with Gasteiger partial charge in [0.2, 0.25) is 0 Å². The van der Waals surface area contributed by atoms with Crippen molar-refractivity contribution in [3.8, 4) is 0 Å². The van der Waals surface area contributed by atoms with E-state index in [9.17, 15) is 5.11 Å². The van der Waals surface area contributed by atoms with Crippen LogP contribution in [0.25, 0.3) is 0 Å². The minimum Gasteiger partial charge on any atom is -0.390 e. The second kappa shape index (κ2) is 3.74. The van der Waals surface area contributed by atoms with E-state index < -0.39 is 0 Å². The van der Waals surface area contributed by atoms with E-state index in [2.05, 4.69) is 6.58 Å². The molecule has 0 aliphatic carbocycles. The van der Waals surface area contributed by atoms with Gasteiger partial charge in [-0.15, -0.1) is 6.58 Å². The molecule has 0 aromatic rings. The van der Waals surface area contributed by atoms with Crippen LogP contribution in [-0.2, 0) is 4.74 Å². The zero-order chi connectivity index (χ0) is 7.40. The zero-order valence-corrected chi connectivity index (χ0v) is 6.12. The predicted octanol–water partition coefficient (Wildman–Crippen LogP) is 1.10. The van der Waals surface area contributed by atoms with Crippen LogP contribution in [0.3, 0.4) is 0 Å². The summed E-state index contributed by atoms with van der Waals surface area (Å²) in [5.41, 5.74) is 0. The van der Waals surface area contributed by atoms with Crippen LogP contribution < -0.4 is 0 Å². The van der Waals surface area contributed by atoms with Gasteiger partial charge in [0.25, 0.3) is 0 Å². The van der Waals surface area contributed by atoms with Crippen molar-refractivity contribution in [3.05, 3.63) is 12.7 Å². The van der Waals surface area contributed by atoms with Crippen molar-refractivity contribution in [1.29, 1.82) is 0 Å². The van der Waals surface area contributed by atoms with Crippen LogP contribution in [-0.4, -0.2) is 23.9 Å². The van der Waals surface area contributed by atoms with Gasteiger partial charge in [-0.05, 0) is 19.3 Å². The molecule has 10 heavy (non-hydrogen) atoms. The number of ether oxygens (including phenoxy) is 1. The lowest BCUT2D eigenvalue weighted by atomic mass is 10.1. The maximum Gasteiger partial charge on any atom is 0.101 e. The van der Waals surface area contributed by atoms with Gasteiger partial charge in [0.1, 0.15) is 6.10 Å². The molecule has 1 fully saturated rings. The molecule has 0 amide bonds. The molecule has 0 bridgehead atoms. The van der Waals surface area contributed by atoms with Gasteiger partial charge in [-0.1, -0.05) is 6.08 Å². The summed E-state index contributed by atoms with van der Waals surface area (Å²) in [6.07, 6.45) is 4.17. The minimum absolute atomic E-state index is 0.137. The molecule has 2 nitrogen and oxygen atoms in total. The van der Waals surface area contributed by atoms with E-state index >= 15 is 0 Å². The summed E-state index contributed by atoms with van der Waals surface area (Å²) in [7, 11) is 0. The Morgan fingerprint density at radius 1 is 1.50 bits per heavy atom. The van der Waals surface area contributed by atoms with Gasteiger partial charge in [-0.3, -0.25) is 0 Å². The Morgan fingerprint density at radius 3 is 3.00 bits per heavy atom. The predicted molar refractivity (Wildman–Crippen MR) is 39.8 cm³/mol. The summed E-state index contributed by atoms with van der Waals surface area (Å²) >= 11 is 0. The fourth-order valence-electron chi connectivity index (χ4n) is 1.18. The van der Waals surface area contributed by atoms with E-state index in [-0.39, 0.29) is 12.2 Å². The topological polar surface area (TPSA) is 29.5 Å². The monoisotopic (exact) mass is 142 g/mol. The number of aliphatic hydroxyl groups excluding tert-OH is 1.